The van der Waals surface area contributed by atoms with E-state index in [0.717, 1.165) is 0 Å². The SMILES string of the molecule is CC(C)CNC(=O)c1cccc(N)c1Br. The van der Waals surface area contributed by atoms with E-state index in [1.54, 1.807) is 18.2 Å². The minimum Gasteiger partial charge on any atom is -0.398 e. The molecule has 1 amide bonds. The zero-order chi connectivity index (χ0) is 11.4. The van der Waals surface area contributed by atoms with Crippen molar-refractivity contribution in [1.82, 2.24) is 5.32 Å². The van der Waals surface area contributed by atoms with Gasteiger partial charge in [-0.05, 0) is 34.0 Å². The lowest BCUT2D eigenvalue weighted by atomic mass is 10.1. The summed E-state index contributed by atoms with van der Waals surface area (Å²) in [4.78, 5) is 11.7. The van der Waals surface area contributed by atoms with Crippen LogP contribution in [0.3, 0.4) is 0 Å². The second-order valence-electron chi connectivity index (χ2n) is 3.81. The van der Waals surface area contributed by atoms with Gasteiger partial charge in [0.15, 0.2) is 0 Å². The number of hydrogen-bond donors (Lipinski definition) is 2. The van der Waals surface area contributed by atoms with Crippen LogP contribution in [0.25, 0.3) is 0 Å². The van der Waals surface area contributed by atoms with Gasteiger partial charge >= 0.3 is 0 Å². The average molecular weight is 271 g/mol. The number of nitrogens with one attached hydrogen (secondary N) is 1. The summed E-state index contributed by atoms with van der Waals surface area (Å²) in [7, 11) is 0. The van der Waals surface area contributed by atoms with Crippen molar-refractivity contribution < 1.29 is 4.79 Å². The number of anilines is 1. The Hall–Kier alpha value is -1.03. The summed E-state index contributed by atoms with van der Waals surface area (Å²) in [5.41, 5.74) is 6.84. The van der Waals surface area contributed by atoms with Gasteiger partial charge in [-0.1, -0.05) is 19.9 Å². The summed E-state index contributed by atoms with van der Waals surface area (Å²) in [6.07, 6.45) is 0. The Morgan fingerprint density at radius 2 is 2.20 bits per heavy atom. The lowest BCUT2D eigenvalue weighted by Gasteiger charge is -2.09. The predicted octanol–water partition coefficient (Wildman–Crippen LogP) is 2.42. The maximum absolute atomic E-state index is 11.7. The molecule has 3 N–H and O–H groups in total. The largest absolute Gasteiger partial charge is 0.398 e. The predicted molar refractivity (Wildman–Crippen MR) is 65.7 cm³/mol. The molecule has 1 aromatic carbocycles. The molecule has 0 bridgehead atoms. The van der Waals surface area contributed by atoms with E-state index in [4.69, 9.17) is 5.73 Å². The molecule has 1 rings (SSSR count). The molecule has 0 spiro atoms. The second-order valence-corrected chi connectivity index (χ2v) is 4.61. The Balaban J connectivity index is 2.78. The van der Waals surface area contributed by atoms with E-state index in [1.165, 1.54) is 0 Å². The summed E-state index contributed by atoms with van der Waals surface area (Å²) in [6, 6.07) is 5.27. The Bertz CT molecular complexity index is 364. The first kappa shape index (κ1) is 12.0. The summed E-state index contributed by atoms with van der Waals surface area (Å²) >= 11 is 3.30. The molecule has 0 saturated carbocycles. The van der Waals surface area contributed by atoms with Crippen LogP contribution in [0.15, 0.2) is 22.7 Å². The van der Waals surface area contributed by atoms with Gasteiger partial charge in [0.1, 0.15) is 0 Å². The van der Waals surface area contributed by atoms with E-state index in [-0.39, 0.29) is 5.91 Å². The van der Waals surface area contributed by atoms with Crippen molar-refractivity contribution in [2.75, 3.05) is 12.3 Å². The van der Waals surface area contributed by atoms with Gasteiger partial charge in [0.25, 0.3) is 5.91 Å². The number of carbonyl (C=O) groups is 1. The van der Waals surface area contributed by atoms with E-state index >= 15 is 0 Å². The van der Waals surface area contributed by atoms with Crippen molar-refractivity contribution in [1.29, 1.82) is 0 Å². The molecule has 0 aliphatic heterocycles. The molecule has 0 aliphatic rings. The van der Waals surface area contributed by atoms with Crippen molar-refractivity contribution in [2.24, 2.45) is 5.92 Å². The first-order valence-electron chi connectivity index (χ1n) is 4.84. The Morgan fingerprint density at radius 3 is 2.80 bits per heavy atom. The van der Waals surface area contributed by atoms with Crippen LogP contribution in [-0.2, 0) is 0 Å². The van der Waals surface area contributed by atoms with E-state index in [2.05, 4.69) is 35.1 Å². The molecule has 0 radical (unpaired) electrons. The molecule has 0 aromatic heterocycles. The van der Waals surface area contributed by atoms with Crippen molar-refractivity contribution in [2.45, 2.75) is 13.8 Å². The number of nitrogens with two attached hydrogens (primary N) is 1. The Labute approximate surface area is 98.2 Å². The summed E-state index contributed by atoms with van der Waals surface area (Å²) in [6.45, 7) is 4.77. The number of carbonyl (C=O) groups excluding carboxylic acids is 1. The third kappa shape index (κ3) is 3.23. The van der Waals surface area contributed by atoms with E-state index in [9.17, 15) is 4.79 Å². The van der Waals surface area contributed by atoms with E-state index < -0.39 is 0 Å². The van der Waals surface area contributed by atoms with Gasteiger partial charge in [-0.2, -0.15) is 0 Å². The average Bonchev–Trinajstić information content (AvgIpc) is 2.18. The highest BCUT2D eigenvalue weighted by molar-refractivity contribution is 9.10. The first-order chi connectivity index (χ1) is 7.02. The quantitative estimate of drug-likeness (QED) is 0.829. The number of nitrogen functional groups attached to an aromatic ring is 1. The molecule has 0 atom stereocenters. The summed E-state index contributed by atoms with van der Waals surface area (Å²) in [5, 5.41) is 2.84. The minimum absolute atomic E-state index is 0.0946. The molecule has 3 nitrogen and oxygen atoms in total. The smallest absolute Gasteiger partial charge is 0.252 e. The van der Waals surface area contributed by atoms with Gasteiger partial charge in [0, 0.05) is 12.2 Å². The van der Waals surface area contributed by atoms with Crippen molar-refractivity contribution in [3.8, 4) is 0 Å². The number of hydrogen-bond acceptors (Lipinski definition) is 2. The second kappa shape index (κ2) is 5.16. The third-order valence-corrected chi connectivity index (χ3v) is 2.83. The van der Waals surface area contributed by atoms with Crippen LogP contribution in [-0.4, -0.2) is 12.5 Å². The minimum atomic E-state index is -0.0946. The lowest BCUT2D eigenvalue weighted by molar-refractivity contribution is 0.0948. The molecule has 0 heterocycles. The fourth-order valence-corrected chi connectivity index (χ4v) is 1.56. The van der Waals surface area contributed by atoms with Gasteiger partial charge in [0.2, 0.25) is 0 Å². The molecule has 0 saturated heterocycles. The zero-order valence-electron chi connectivity index (χ0n) is 8.88. The zero-order valence-corrected chi connectivity index (χ0v) is 10.5. The molecule has 15 heavy (non-hydrogen) atoms. The highest BCUT2D eigenvalue weighted by atomic mass is 79.9. The number of benzene rings is 1. The molecular weight excluding hydrogens is 256 g/mol. The molecule has 1 aromatic rings. The summed E-state index contributed by atoms with van der Waals surface area (Å²) in [5.74, 6) is 0.344. The molecule has 4 heteroatoms. The highest BCUT2D eigenvalue weighted by Gasteiger charge is 2.11. The van der Waals surface area contributed by atoms with Crippen LogP contribution in [0, 0.1) is 5.92 Å². The molecule has 0 fully saturated rings. The van der Waals surface area contributed by atoms with Crippen LogP contribution >= 0.6 is 15.9 Å². The number of halogens is 1. The fourth-order valence-electron chi connectivity index (χ4n) is 1.12. The maximum Gasteiger partial charge on any atom is 0.252 e. The Morgan fingerprint density at radius 1 is 1.53 bits per heavy atom. The van der Waals surface area contributed by atoms with Crippen LogP contribution in [0.4, 0.5) is 5.69 Å². The topological polar surface area (TPSA) is 55.1 Å². The molecule has 0 unspecified atom stereocenters. The van der Waals surface area contributed by atoms with Crippen molar-refractivity contribution >= 4 is 27.5 Å². The normalized spacial score (nSPS) is 10.4. The van der Waals surface area contributed by atoms with Crippen LogP contribution in [0.5, 0.6) is 0 Å². The number of amides is 1. The summed E-state index contributed by atoms with van der Waals surface area (Å²) < 4.78 is 0.659. The van der Waals surface area contributed by atoms with Gasteiger partial charge in [-0.15, -0.1) is 0 Å². The van der Waals surface area contributed by atoms with Crippen molar-refractivity contribution in [3.05, 3.63) is 28.2 Å². The molecule has 82 valence electrons. The van der Waals surface area contributed by atoms with Gasteiger partial charge < -0.3 is 11.1 Å². The van der Waals surface area contributed by atoms with E-state index in [0.29, 0.717) is 28.2 Å². The lowest BCUT2D eigenvalue weighted by Crippen LogP contribution is -2.27. The van der Waals surface area contributed by atoms with Gasteiger partial charge in [0.05, 0.1) is 10.0 Å². The molecule has 0 aliphatic carbocycles. The molecular formula is C11H15BrN2O. The number of rotatable bonds is 3. The maximum atomic E-state index is 11.7. The Kier molecular flexibility index (Phi) is 4.15. The van der Waals surface area contributed by atoms with Gasteiger partial charge in [-0.3, -0.25) is 4.79 Å². The highest BCUT2D eigenvalue weighted by Crippen LogP contribution is 2.23. The van der Waals surface area contributed by atoms with E-state index in [1.807, 2.05) is 0 Å². The van der Waals surface area contributed by atoms with Gasteiger partial charge in [-0.25, -0.2) is 0 Å². The standard InChI is InChI=1S/C11H15BrN2O/c1-7(2)6-14-11(15)8-4-3-5-9(13)10(8)12/h3-5,7H,6,13H2,1-2H3,(H,14,15). The van der Waals surface area contributed by atoms with Crippen LogP contribution in [0.2, 0.25) is 0 Å². The van der Waals surface area contributed by atoms with Crippen molar-refractivity contribution in [3.63, 3.8) is 0 Å². The van der Waals surface area contributed by atoms with Crippen LogP contribution in [0.1, 0.15) is 24.2 Å². The van der Waals surface area contributed by atoms with Crippen LogP contribution < -0.4 is 11.1 Å². The third-order valence-electron chi connectivity index (χ3n) is 1.94. The first-order valence-corrected chi connectivity index (χ1v) is 5.64. The fraction of sp³-hybridized carbons (Fsp3) is 0.364. The monoisotopic (exact) mass is 270 g/mol.